The van der Waals surface area contributed by atoms with Crippen LogP contribution in [-0.2, 0) is 0 Å². The maximum Gasteiger partial charge on any atom is 0.0513 e. The molecule has 0 amide bonds. The monoisotopic (exact) mass is 385 g/mol. The molecule has 2 aromatic rings. The first-order valence-corrected chi connectivity index (χ1v) is 7.92. The molecule has 1 N–H and O–H groups in total. The van der Waals surface area contributed by atoms with Crippen LogP contribution in [0.2, 0.25) is 5.02 Å². The van der Waals surface area contributed by atoms with Crippen molar-refractivity contribution in [3.63, 3.8) is 0 Å². The number of nitrogens with one attached hydrogen (secondary N) is 1. The number of hydrogen-bond acceptors (Lipinski definition) is 1. The van der Waals surface area contributed by atoms with E-state index in [0.29, 0.717) is 6.04 Å². The van der Waals surface area contributed by atoms with Gasteiger partial charge in [0.2, 0.25) is 0 Å². The van der Waals surface area contributed by atoms with Crippen molar-refractivity contribution >= 4 is 39.9 Å². The van der Waals surface area contributed by atoms with E-state index in [1.807, 2.05) is 12.1 Å². The lowest BCUT2D eigenvalue weighted by Crippen LogP contribution is -2.10. The van der Waals surface area contributed by atoms with Crippen molar-refractivity contribution in [2.45, 2.75) is 25.8 Å². The van der Waals surface area contributed by atoms with Gasteiger partial charge in [-0.25, -0.2) is 0 Å². The van der Waals surface area contributed by atoms with Crippen LogP contribution in [-0.4, -0.2) is 0 Å². The average Bonchev–Trinajstić information content (AvgIpc) is 2.42. The lowest BCUT2D eigenvalue weighted by Gasteiger charge is -2.20. The predicted molar refractivity (Wildman–Crippen MR) is 91.9 cm³/mol. The molecule has 0 fully saturated rings. The van der Waals surface area contributed by atoms with E-state index in [2.05, 4.69) is 71.2 Å². The fourth-order valence-corrected chi connectivity index (χ4v) is 2.54. The van der Waals surface area contributed by atoms with Crippen molar-refractivity contribution in [3.8, 4) is 0 Å². The third kappa shape index (κ3) is 4.39. The zero-order chi connectivity index (χ0) is 13.7. The second kappa shape index (κ2) is 7.15. The van der Waals surface area contributed by atoms with E-state index in [0.717, 1.165) is 23.6 Å². The Morgan fingerprint density at radius 1 is 1.05 bits per heavy atom. The molecule has 0 aliphatic carbocycles. The molecule has 1 atom stereocenters. The van der Waals surface area contributed by atoms with E-state index in [4.69, 9.17) is 11.6 Å². The second-order valence-corrected chi connectivity index (χ2v) is 6.23. The van der Waals surface area contributed by atoms with Crippen molar-refractivity contribution in [1.29, 1.82) is 0 Å². The summed E-state index contributed by atoms with van der Waals surface area (Å²) in [6, 6.07) is 16.9. The van der Waals surface area contributed by atoms with Gasteiger partial charge in [0.25, 0.3) is 0 Å². The van der Waals surface area contributed by atoms with Crippen molar-refractivity contribution in [3.05, 3.63) is 62.7 Å². The Hall–Kier alpha value is -0.740. The van der Waals surface area contributed by atoms with Crippen molar-refractivity contribution in [2.75, 3.05) is 5.32 Å². The molecule has 0 saturated carbocycles. The van der Waals surface area contributed by atoms with Crippen molar-refractivity contribution in [2.24, 2.45) is 0 Å². The molecule has 100 valence electrons. The van der Waals surface area contributed by atoms with Crippen LogP contribution in [0.5, 0.6) is 0 Å². The third-order valence-corrected chi connectivity index (χ3v) is 4.01. The number of rotatable bonds is 5. The van der Waals surface area contributed by atoms with Gasteiger partial charge < -0.3 is 5.32 Å². The zero-order valence-electron chi connectivity index (χ0n) is 10.9. The number of halogens is 2. The highest BCUT2D eigenvalue weighted by Gasteiger charge is 2.10. The third-order valence-electron chi connectivity index (χ3n) is 3.03. The van der Waals surface area contributed by atoms with Gasteiger partial charge in [-0.15, -0.1) is 0 Å². The Balaban J connectivity index is 2.15. The minimum Gasteiger partial charge on any atom is -0.378 e. The number of anilines is 1. The summed E-state index contributed by atoms with van der Waals surface area (Å²) in [6.45, 7) is 2.21. The molecule has 1 unspecified atom stereocenters. The smallest absolute Gasteiger partial charge is 0.0513 e. The van der Waals surface area contributed by atoms with E-state index in [1.165, 1.54) is 9.13 Å². The lowest BCUT2D eigenvalue weighted by atomic mass is 10.0. The quantitative estimate of drug-likeness (QED) is 0.632. The van der Waals surface area contributed by atoms with Crippen LogP contribution >= 0.6 is 34.2 Å². The normalized spacial score (nSPS) is 12.2. The van der Waals surface area contributed by atoms with Crippen LogP contribution in [0, 0.1) is 3.57 Å². The molecular formula is C16H17ClIN. The summed E-state index contributed by atoms with van der Waals surface area (Å²) < 4.78 is 1.25. The number of hydrogen-bond donors (Lipinski definition) is 1. The SMILES string of the molecule is CCCC(Nc1ccc(I)cc1)c1ccc(Cl)cc1. The topological polar surface area (TPSA) is 12.0 Å². The first-order chi connectivity index (χ1) is 9.19. The van der Waals surface area contributed by atoms with Gasteiger partial charge in [0.15, 0.2) is 0 Å². The standard InChI is InChI=1S/C16H17ClIN/c1-2-3-16(12-4-6-13(17)7-5-12)19-15-10-8-14(18)9-11-15/h4-11,16,19H,2-3H2,1H3. The van der Waals surface area contributed by atoms with Crippen LogP contribution < -0.4 is 5.32 Å². The Morgan fingerprint density at radius 3 is 2.26 bits per heavy atom. The van der Waals surface area contributed by atoms with E-state index >= 15 is 0 Å². The highest BCUT2D eigenvalue weighted by Crippen LogP contribution is 2.25. The average molecular weight is 386 g/mol. The second-order valence-electron chi connectivity index (χ2n) is 4.54. The Bertz CT molecular complexity index is 507. The molecule has 0 aliphatic rings. The van der Waals surface area contributed by atoms with Crippen LogP contribution in [0.3, 0.4) is 0 Å². The van der Waals surface area contributed by atoms with E-state index in [-0.39, 0.29) is 0 Å². The van der Waals surface area contributed by atoms with Crippen molar-refractivity contribution in [1.82, 2.24) is 0 Å². The van der Waals surface area contributed by atoms with Gasteiger partial charge in [-0.1, -0.05) is 37.1 Å². The summed E-state index contributed by atoms with van der Waals surface area (Å²) in [5.41, 5.74) is 2.44. The molecule has 19 heavy (non-hydrogen) atoms. The van der Waals surface area contributed by atoms with Crippen LogP contribution in [0.1, 0.15) is 31.4 Å². The Morgan fingerprint density at radius 2 is 1.68 bits per heavy atom. The van der Waals surface area contributed by atoms with Crippen LogP contribution in [0.4, 0.5) is 5.69 Å². The molecular weight excluding hydrogens is 369 g/mol. The molecule has 2 aromatic carbocycles. The molecule has 0 heterocycles. The van der Waals surface area contributed by atoms with Gasteiger partial charge in [0.05, 0.1) is 6.04 Å². The lowest BCUT2D eigenvalue weighted by molar-refractivity contribution is 0.677. The van der Waals surface area contributed by atoms with E-state index in [9.17, 15) is 0 Å². The maximum atomic E-state index is 5.95. The van der Waals surface area contributed by atoms with Gasteiger partial charge in [-0.3, -0.25) is 0 Å². The van der Waals surface area contributed by atoms with Crippen molar-refractivity contribution < 1.29 is 0 Å². The summed E-state index contributed by atoms with van der Waals surface area (Å²) in [5.74, 6) is 0. The summed E-state index contributed by atoms with van der Waals surface area (Å²) in [6.07, 6.45) is 2.25. The molecule has 3 heteroatoms. The van der Waals surface area contributed by atoms with E-state index in [1.54, 1.807) is 0 Å². The zero-order valence-corrected chi connectivity index (χ0v) is 13.8. The Labute approximate surface area is 133 Å². The molecule has 1 nitrogen and oxygen atoms in total. The van der Waals surface area contributed by atoms with Gasteiger partial charge in [-0.2, -0.15) is 0 Å². The summed E-state index contributed by atoms with van der Waals surface area (Å²) >= 11 is 8.27. The molecule has 0 aliphatic heterocycles. The van der Waals surface area contributed by atoms with Crippen LogP contribution in [0.15, 0.2) is 48.5 Å². The molecule has 0 radical (unpaired) electrons. The Kier molecular flexibility index (Phi) is 5.52. The highest BCUT2D eigenvalue weighted by atomic mass is 127. The number of benzene rings is 2. The molecule has 0 spiro atoms. The highest BCUT2D eigenvalue weighted by molar-refractivity contribution is 14.1. The van der Waals surface area contributed by atoms with Gasteiger partial charge >= 0.3 is 0 Å². The fraction of sp³-hybridized carbons (Fsp3) is 0.250. The summed E-state index contributed by atoms with van der Waals surface area (Å²) in [5, 5.41) is 4.38. The maximum absolute atomic E-state index is 5.95. The molecule has 2 rings (SSSR count). The minimum absolute atomic E-state index is 0.335. The fourth-order valence-electron chi connectivity index (χ4n) is 2.05. The van der Waals surface area contributed by atoms with Gasteiger partial charge in [0, 0.05) is 14.3 Å². The van der Waals surface area contributed by atoms with Crippen LogP contribution in [0.25, 0.3) is 0 Å². The molecule has 0 aromatic heterocycles. The molecule has 0 bridgehead atoms. The first-order valence-electron chi connectivity index (χ1n) is 6.46. The minimum atomic E-state index is 0.335. The largest absolute Gasteiger partial charge is 0.378 e. The van der Waals surface area contributed by atoms with E-state index < -0.39 is 0 Å². The molecule has 0 saturated heterocycles. The first kappa shape index (κ1) is 14.7. The summed E-state index contributed by atoms with van der Waals surface area (Å²) in [4.78, 5) is 0. The van der Waals surface area contributed by atoms with Gasteiger partial charge in [-0.05, 0) is 71.0 Å². The van der Waals surface area contributed by atoms with Gasteiger partial charge in [0.1, 0.15) is 0 Å². The predicted octanol–water partition coefficient (Wildman–Crippen LogP) is 5.90. The summed E-state index contributed by atoms with van der Waals surface area (Å²) in [7, 11) is 0.